The van der Waals surface area contributed by atoms with Crippen LogP contribution in [0.1, 0.15) is 5.56 Å². The van der Waals surface area contributed by atoms with Crippen molar-refractivity contribution in [1.82, 2.24) is 24.3 Å². The van der Waals surface area contributed by atoms with Crippen LogP contribution in [0.3, 0.4) is 0 Å². The number of aromatic nitrogens is 4. The Balaban J connectivity index is 1.53. The lowest BCUT2D eigenvalue weighted by Crippen LogP contribution is -2.30. The van der Waals surface area contributed by atoms with Crippen LogP contribution in [0.5, 0.6) is 0 Å². The van der Waals surface area contributed by atoms with E-state index in [1.165, 1.54) is 6.08 Å². The molecule has 1 fully saturated rings. The lowest BCUT2D eigenvalue weighted by Gasteiger charge is -2.17. The Labute approximate surface area is 191 Å². The summed E-state index contributed by atoms with van der Waals surface area (Å²) in [5, 5.41) is 3.34. The highest BCUT2D eigenvalue weighted by Gasteiger charge is 2.27. The molecule has 0 spiro atoms. The Morgan fingerprint density at radius 1 is 1.18 bits per heavy atom. The fourth-order valence-corrected chi connectivity index (χ4v) is 4.06. The number of nitrogens with zero attached hydrogens (tertiary/aromatic N) is 6. The number of nitrogen functional groups attached to an aromatic ring is 1. The average molecular weight is 441 g/mol. The molecule has 1 aromatic carbocycles. The van der Waals surface area contributed by atoms with E-state index in [4.69, 9.17) is 10.7 Å². The van der Waals surface area contributed by atoms with Gasteiger partial charge in [-0.2, -0.15) is 0 Å². The fourth-order valence-electron chi connectivity index (χ4n) is 4.06. The molecule has 9 nitrogen and oxygen atoms in total. The van der Waals surface area contributed by atoms with Gasteiger partial charge in [0.25, 0.3) is 0 Å². The highest BCUT2D eigenvalue weighted by atomic mass is 16.2. The van der Waals surface area contributed by atoms with Gasteiger partial charge in [0.15, 0.2) is 0 Å². The maximum Gasteiger partial charge on any atom is 0.247 e. The smallest absolute Gasteiger partial charge is 0.247 e. The van der Waals surface area contributed by atoms with Gasteiger partial charge in [0.05, 0.1) is 6.67 Å². The third kappa shape index (κ3) is 3.73. The first kappa shape index (κ1) is 20.5. The third-order valence-electron chi connectivity index (χ3n) is 5.74. The maximum absolute atomic E-state index is 12.0. The van der Waals surface area contributed by atoms with Crippen molar-refractivity contribution in [2.24, 2.45) is 0 Å². The second-order valence-corrected chi connectivity index (χ2v) is 7.87. The summed E-state index contributed by atoms with van der Waals surface area (Å²) in [4.78, 5) is 29.4. The zero-order valence-corrected chi connectivity index (χ0v) is 18.3. The molecule has 3 N–H and O–H groups in total. The number of nitrogens with one attached hydrogen (secondary N) is 1. The summed E-state index contributed by atoms with van der Waals surface area (Å²) < 4.78 is 1.94. The van der Waals surface area contributed by atoms with Crippen molar-refractivity contribution in [1.29, 1.82) is 0 Å². The number of aryl methyl sites for hydroxylation is 1. The van der Waals surface area contributed by atoms with Gasteiger partial charge in [-0.05, 0) is 42.8 Å². The van der Waals surface area contributed by atoms with Crippen LogP contribution in [0.4, 0.5) is 23.3 Å². The van der Waals surface area contributed by atoms with Gasteiger partial charge in [0.1, 0.15) is 22.8 Å². The quantitative estimate of drug-likeness (QED) is 0.459. The maximum atomic E-state index is 12.0. The molecule has 1 aliphatic heterocycles. The van der Waals surface area contributed by atoms with E-state index in [2.05, 4.69) is 32.8 Å². The van der Waals surface area contributed by atoms with Crippen LogP contribution in [0, 0.1) is 6.92 Å². The molecule has 3 aromatic heterocycles. The molecule has 4 aromatic rings. The number of carbonyl (C=O) groups is 1. The van der Waals surface area contributed by atoms with Crippen molar-refractivity contribution in [2.45, 2.75) is 6.92 Å². The molecule has 1 saturated heterocycles. The first-order valence-corrected chi connectivity index (χ1v) is 10.6. The molecule has 0 aliphatic carbocycles. The van der Waals surface area contributed by atoms with Gasteiger partial charge >= 0.3 is 0 Å². The zero-order chi connectivity index (χ0) is 22.9. The second kappa shape index (κ2) is 8.27. The molecular weight excluding hydrogens is 416 g/mol. The van der Waals surface area contributed by atoms with Gasteiger partial charge in [-0.3, -0.25) is 9.20 Å². The number of carbonyl (C=O) groups excluding carboxylic acids is 1. The molecular formula is C24H24N8O. The van der Waals surface area contributed by atoms with Crippen LogP contribution in [0.2, 0.25) is 0 Å². The molecule has 4 heterocycles. The first-order valence-electron chi connectivity index (χ1n) is 10.6. The molecule has 0 atom stereocenters. The highest BCUT2D eigenvalue weighted by Crippen LogP contribution is 2.34. The van der Waals surface area contributed by atoms with Gasteiger partial charge in [-0.25, -0.2) is 15.0 Å². The molecule has 9 heteroatoms. The molecule has 0 bridgehead atoms. The number of hydrogen-bond donors (Lipinski definition) is 2. The summed E-state index contributed by atoms with van der Waals surface area (Å²) >= 11 is 0. The first-order chi connectivity index (χ1) is 16.0. The minimum atomic E-state index is -0.0913. The summed E-state index contributed by atoms with van der Waals surface area (Å²) in [6.07, 6.45) is 6.59. The topological polar surface area (TPSA) is 105 Å². The van der Waals surface area contributed by atoms with Crippen LogP contribution in [-0.4, -0.2) is 49.9 Å². The molecule has 0 radical (unpaired) electrons. The van der Waals surface area contributed by atoms with Crippen molar-refractivity contribution in [3.05, 3.63) is 73.2 Å². The lowest BCUT2D eigenvalue weighted by atomic mass is 10.1. The number of imidazole rings is 1. The van der Waals surface area contributed by atoms with E-state index < -0.39 is 0 Å². The number of nitrogens with two attached hydrogens (primary N) is 1. The molecule has 5 rings (SSSR count). The minimum Gasteiger partial charge on any atom is -0.382 e. The standard InChI is InChI=1S/C24H24N8O/c1-3-20(33)30-12-13-31(15-30)24-29-21(22-23(25)27-10-11-32(22)24)17-7-8-18(16(2)14-17)28-19-6-4-5-9-26-19/h3-11,14H,1,12-13,15H2,2H3,(H2,25,27)(H,26,28). The van der Waals surface area contributed by atoms with Crippen molar-refractivity contribution in [2.75, 3.05) is 35.7 Å². The Morgan fingerprint density at radius 2 is 2.06 bits per heavy atom. The van der Waals surface area contributed by atoms with E-state index in [-0.39, 0.29) is 5.91 Å². The predicted octanol–water partition coefficient (Wildman–Crippen LogP) is 3.22. The van der Waals surface area contributed by atoms with Crippen molar-refractivity contribution in [3.63, 3.8) is 0 Å². The van der Waals surface area contributed by atoms with Gasteiger partial charge in [0.2, 0.25) is 11.9 Å². The number of rotatable bonds is 5. The zero-order valence-electron chi connectivity index (χ0n) is 18.3. The monoisotopic (exact) mass is 440 g/mol. The normalized spacial score (nSPS) is 13.5. The largest absolute Gasteiger partial charge is 0.382 e. The van der Waals surface area contributed by atoms with Gasteiger partial charge in [-0.15, -0.1) is 0 Å². The van der Waals surface area contributed by atoms with Gasteiger partial charge in [-0.1, -0.05) is 18.7 Å². The van der Waals surface area contributed by atoms with E-state index >= 15 is 0 Å². The summed E-state index contributed by atoms with van der Waals surface area (Å²) in [7, 11) is 0. The summed E-state index contributed by atoms with van der Waals surface area (Å²) in [6, 6.07) is 11.8. The van der Waals surface area contributed by atoms with Crippen molar-refractivity contribution < 1.29 is 4.79 Å². The average Bonchev–Trinajstić information content (AvgIpc) is 3.46. The third-order valence-corrected chi connectivity index (χ3v) is 5.74. The summed E-state index contributed by atoms with van der Waals surface area (Å²) in [5.41, 5.74) is 10.7. The van der Waals surface area contributed by atoms with Crippen LogP contribution in [-0.2, 0) is 4.79 Å². The molecule has 166 valence electrons. The summed E-state index contributed by atoms with van der Waals surface area (Å²) in [5.74, 6) is 1.81. The number of anilines is 4. The van der Waals surface area contributed by atoms with E-state index in [1.54, 1.807) is 17.3 Å². The number of benzene rings is 1. The molecule has 1 aliphatic rings. The van der Waals surface area contributed by atoms with E-state index in [1.807, 2.05) is 47.9 Å². The number of pyridine rings is 1. The molecule has 0 saturated carbocycles. The van der Waals surface area contributed by atoms with Crippen LogP contribution in [0.25, 0.3) is 16.8 Å². The fraction of sp³-hybridized carbons (Fsp3) is 0.167. The van der Waals surface area contributed by atoms with E-state index in [0.29, 0.717) is 25.6 Å². The van der Waals surface area contributed by atoms with Crippen molar-refractivity contribution in [3.8, 4) is 11.3 Å². The Morgan fingerprint density at radius 3 is 2.82 bits per heavy atom. The lowest BCUT2D eigenvalue weighted by molar-refractivity contribution is -0.124. The SMILES string of the molecule is C=CC(=O)N1CCN(c2nc(-c3ccc(Nc4ccccn4)c(C)c3)c3c(N)nccn23)C1. The van der Waals surface area contributed by atoms with Crippen LogP contribution in [0.15, 0.2) is 67.6 Å². The van der Waals surface area contributed by atoms with E-state index in [9.17, 15) is 4.79 Å². The van der Waals surface area contributed by atoms with Crippen LogP contribution < -0.4 is 16.0 Å². The van der Waals surface area contributed by atoms with Gasteiger partial charge in [0, 0.05) is 42.9 Å². The number of hydrogen-bond acceptors (Lipinski definition) is 7. The summed E-state index contributed by atoms with van der Waals surface area (Å²) in [6.45, 7) is 7.35. The highest BCUT2D eigenvalue weighted by molar-refractivity contribution is 5.89. The molecule has 0 unspecified atom stereocenters. The van der Waals surface area contributed by atoms with Crippen molar-refractivity contribution >= 4 is 34.7 Å². The minimum absolute atomic E-state index is 0.0913. The Hall–Kier alpha value is -4.40. The van der Waals surface area contributed by atoms with E-state index in [0.717, 1.165) is 39.8 Å². The Bertz CT molecular complexity index is 1350. The predicted molar refractivity (Wildman–Crippen MR) is 129 cm³/mol. The molecule has 1 amide bonds. The number of amides is 1. The van der Waals surface area contributed by atoms with Crippen LogP contribution >= 0.6 is 0 Å². The van der Waals surface area contributed by atoms with Gasteiger partial charge < -0.3 is 20.9 Å². The number of fused-ring (bicyclic) bond motifs is 1. The molecule has 33 heavy (non-hydrogen) atoms. The second-order valence-electron chi connectivity index (χ2n) is 7.87. The Kier molecular flexibility index (Phi) is 5.14.